The van der Waals surface area contributed by atoms with Crippen molar-refractivity contribution in [3.63, 3.8) is 0 Å². The lowest BCUT2D eigenvalue weighted by molar-refractivity contribution is 0.464. The van der Waals surface area contributed by atoms with E-state index in [1.165, 1.54) is 6.33 Å². The largest absolute Gasteiger partial charge is 0.354 e. The minimum absolute atomic E-state index is 0.287. The van der Waals surface area contributed by atoms with Crippen LogP contribution in [-0.2, 0) is 6.42 Å². The summed E-state index contributed by atoms with van der Waals surface area (Å²) in [7, 11) is 1.91. The summed E-state index contributed by atoms with van der Waals surface area (Å²) in [4.78, 5) is 10.0. The van der Waals surface area contributed by atoms with E-state index in [-0.39, 0.29) is 5.82 Å². The van der Waals surface area contributed by atoms with Crippen LogP contribution in [-0.4, -0.2) is 29.6 Å². The highest BCUT2D eigenvalue weighted by Crippen LogP contribution is 2.31. The first-order valence-corrected chi connectivity index (χ1v) is 6.61. The summed E-state index contributed by atoms with van der Waals surface area (Å²) in [6.45, 7) is 2.55. The molecule has 0 aliphatic heterocycles. The van der Waals surface area contributed by atoms with Gasteiger partial charge in [0, 0.05) is 13.1 Å². The van der Waals surface area contributed by atoms with Crippen LogP contribution in [0.3, 0.4) is 0 Å². The van der Waals surface area contributed by atoms with Gasteiger partial charge in [-0.15, -0.1) is 0 Å². The Morgan fingerprint density at radius 2 is 2.22 bits per heavy atom. The van der Waals surface area contributed by atoms with Crippen molar-refractivity contribution in [1.29, 1.82) is 0 Å². The standard InChI is InChI=1S/C13H21FN4/c1-3-10-12(14)13(17-8-16-10)18(2)11-6-4-5-9(11)7-15/h8-9,11H,3-7,15H2,1-2H3. The van der Waals surface area contributed by atoms with Crippen LogP contribution in [0.1, 0.15) is 31.9 Å². The van der Waals surface area contributed by atoms with Gasteiger partial charge in [-0.1, -0.05) is 13.3 Å². The van der Waals surface area contributed by atoms with Crippen molar-refractivity contribution in [2.24, 2.45) is 11.7 Å². The van der Waals surface area contributed by atoms with E-state index in [0.29, 0.717) is 36.4 Å². The Labute approximate surface area is 107 Å². The van der Waals surface area contributed by atoms with Crippen molar-refractivity contribution in [2.75, 3.05) is 18.5 Å². The zero-order valence-corrected chi connectivity index (χ0v) is 11.1. The average molecular weight is 252 g/mol. The molecule has 100 valence electrons. The maximum Gasteiger partial charge on any atom is 0.187 e. The van der Waals surface area contributed by atoms with Crippen LogP contribution in [0.4, 0.5) is 10.2 Å². The molecule has 1 saturated carbocycles. The summed E-state index contributed by atoms with van der Waals surface area (Å²) in [5, 5.41) is 0. The summed E-state index contributed by atoms with van der Waals surface area (Å²) in [5.41, 5.74) is 6.26. The number of aromatic nitrogens is 2. The van der Waals surface area contributed by atoms with Crippen molar-refractivity contribution in [3.8, 4) is 0 Å². The predicted octanol–water partition coefficient (Wildman–Crippen LogP) is 1.74. The second kappa shape index (κ2) is 5.61. The highest BCUT2D eigenvalue weighted by molar-refractivity contribution is 5.41. The third-order valence-corrected chi connectivity index (χ3v) is 3.93. The van der Waals surface area contributed by atoms with Gasteiger partial charge in [0.05, 0.1) is 5.69 Å². The number of nitrogens with zero attached hydrogens (tertiary/aromatic N) is 3. The molecule has 1 aliphatic rings. The normalized spacial score (nSPS) is 23.3. The Morgan fingerprint density at radius 1 is 1.44 bits per heavy atom. The first-order chi connectivity index (χ1) is 8.69. The maximum atomic E-state index is 14.2. The Hall–Kier alpha value is -1.23. The number of anilines is 1. The molecule has 1 aromatic heterocycles. The Morgan fingerprint density at radius 3 is 2.89 bits per heavy atom. The van der Waals surface area contributed by atoms with Gasteiger partial charge in [0.2, 0.25) is 0 Å². The van der Waals surface area contributed by atoms with Gasteiger partial charge in [0.25, 0.3) is 0 Å². The fraction of sp³-hybridized carbons (Fsp3) is 0.692. The van der Waals surface area contributed by atoms with E-state index in [2.05, 4.69) is 9.97 Å². The van der Waals surface area contributed by atoms with Gasteiger partial charge in [0.1, 0.15) is 6.33 Å². The van der Waals surface area contributed by atoms with Crippen LogP contribution >= 0.6 is 0 Å². The third kappa shape index (κ3) is 2.32. The number of nitrogens with two attached hydrogens (primary N) is 1. The minimum Gasteiger partial charge on any atom is -0.354 e. The summed E-state index contributed by atoms with van der Waals surface area (Å²) in [5.74, 6) is 0.562. The average Bonchev–Trinajstić information content (AvgIpc) is 2.86. The quantitative estimate of drug-likeness (QED) is 0.887. The molecule has 2 N–H and O–H groups in total. The number of hydrogen-bond donors (Lipinski definition) is 1. The van der Waals surface area contributed by atoms with Crippen molar-refractivity contribution in [3.05, 3.63) is 17.8 Å². The second-order valence-electron chi connectivity index (χ2n) is 4.92. The molecule has 0 spiro atoms. The number of aryl methyl sites for hydroxylation is 1. The lowest BCUT2D eigenvalue weighted by atomic mass is 10.0. The molecule has 2 atom stereocenters. The van der Waals surface area contributed by atoms with Crippen LogP contribution in [0.15, 0.2) is 6.33 Å². The van der Waals surface area contributed by atoms with Crippen molar-refractivity contribution < 1.29 is 4.39 Å². The highest BCUT2D eigenvalue weighted by atomic mass is 19.1. The van der Waals surface area contributed by atoms with Crippen LogP contribution < -0.4 is 10.6 Å². The van der Waals surface area contributed by atoms with E-state index < -0.39 is 0 Å². The van der Waals surface area contributed by atoms with E-state index in [1.807, 2.05) is 18.9 Å². The van der Waals surface area contributed by atoms with Crippen LogP contribution in [0.5, 0.6) is 0 Å². The highest BCUT2D eigenvalue weighted by Gasteiger charge is 2.31. The van der Waals surface area contributed by atoms with Gasteiger partial charge >= 0.3 is 0 Å². The molecule has 18 heavy (non-hydrogen) atoms. The topological polar surface area (TPSA) is 55.0 Å². The first-order valence-electron chi connectivity index (χ1n) is 6.61. The molecule has 4 nitrogen and oxygen atoms in total. The van der Waals surface area contributed by atoms with Crippen LogP contribution in [0.2, 0.25) is 0 Å². The van der Waals surface area contributed by atoms with Gasteiger partial charge in [-0.2, -0.15) is 0 Å². The molecular weight excluding hydrogens is 231 g/mol. The maximum absolute atomic E-state index is 14.2. The van der Waals surface area contributed by atoms with E-state index in [4.69, 9.17) is 5.73 Å². The molecule has 1 fully saturated rings. The summed E-state index contributed by atoms with van der Waals surface area (Å²) in [6, 6.07) is 0.295. The Balaban J connectivity index is 2.25. The zero-order chi connectivity index (χ0) is 13.1. The van der Waals surface area contributed by atoms with E-state index in [9.17, 15) is 4.39 Å². The summed E-state index contributed by atoms with van der Waals surface area (Å²) >= 11 is 0. The smallest absolute Gasteiger partial charge is 0.187 e. The molecule has 0 aromatic carbocycles. The Kier molecular flexibility index (Phi) is 4.11. The molecule has 0 saturated heterocycles. The molecule has 0 bridgehead atoms. The van der Waals surface area contributed by atoms with Crippen molar-refractivity contribution >= 4 is 5.82 Å². The van der Waals surface area contributed by atoms with Crippen LogP contribution in [0.25, 0.3) is 0 Å². The third-order valence-electron chi connectivity index (χ3n) is 3.93. The van der Waals surface area contributed by atoms with E-state index >= 15 is 0 Å². The van der Waals surface area contributed by atoms with Gasteiger partial charge in [-0.05, 0) is 31.7 Å². The van der Waals surface area contributed by atoms with Crippen molar-refractivity contribution in [2.45, 2.75) is 38.6 Å². The molecule has 2 unspecified atom stereocenters. The van der Waals surface area contributed by atoms with E-state index in [1.54, 1.807) is 0 Å². The molecule has 5 heteroatoms. The SMILES string of the molecule is CCc1ncnc(N(C)C2CCCC2CN)c1F. The molecule has 2 rings (SSSR count). The number of hydrogen-bond acceptors (Lipinski definition) is 4. The fourth-order valence-corrected chi connectivity index (χ4v) is 2.85. The molecule has 1 aliphatic carbocycles. The monoisotopic (exact) mass is 252 g/mol. The molecule has 1 aromatic rings. The summed E-state index contributed by atoms with van der Waals surface area (Å²) < 4.78 is 14.2. The lowest BCUT2D eigenvalue weighted by Crippen LogP contribution is -2.38. The first kappa shape index (κ1) is 13.2. The lowest BCUT2D eigenvalue weighted by Gasteiger charge is -2.30. The Bertz CT molecular complexity index is 410. The van der Waals surface area contributed by atoms with Crippen molar-refractivity contribution in [1.82, 2.24) is 9.97 Å². The second-order valence-corrected chi connectivity index (χ2v) is 4.92. The number of rotatable bonds is 4. The van der Waals surface area contributed by atoms with E-state index in [0.717, 1.165) is 19.3 Å². The number of halogens is 1. The summed E-state index contributed by atoms with van der Waals surface area (Å²) in [6.07, 6.45) is 5.37. The van der Waals surface area contributed by atoms with Crippen LogP contribution in [0, 0.1) is 11.7 Å². The molecular formula is C13H21FN4. The fourth-order valence-electron chi connectivity index (χ4n) is 2.85. The van der Waals surface area contributed by atoms with Gasteiger partial charge in [-0.3, -0.25) is 0 Å². The molecule has 0 radical (unpaired) electrons. The minimum atomic E-state index is -0.287. The van der Waals surface area contributed by atoms with Gasteiger partial charge in [0.15, 0.2) is 11.6 Å². The predicted molar refractivity (Wildman–Crippen MR) is 70.0 cm³/mol. The molecule has 0 amide bonds. The van der Waals surface area contributed by atoms with Gasteiger partial charge in [-0.25, -0.2) is 14.4 Å². The van der Waals surface area contributed by atoms with Gasteiger partial charge < -0.3 is 10.6 Å². The molecule has 1 heterocycles. The zero-order valence-electron chi connectivity index (χ0n) is 11.1.